The maximum atomic E-state index is 4.49. The third-order valence-corrected chi connectivity index (χ3v) is 3.73. The monoisotopic (exact) mass is 245 g/mol. The van der Waals surface area contributed by atoms with Crippen LogP contribution in [-0.2, 0) is 0 Å². The Morgan fingerprint density at radius 1 is 1.29 bits per heavy atom. The Morgan fingerprint density at radius 3 is 2.59 bits per heavy atom. The molecule has 0 atom stereocenters. The second kappa shape index (κ2) is 4.47. The zero-order valence-corrected chi connectivity index (χ0v) is 10.6. The van der Waals surface area contributed by atoms with Crippen LogP contribution in [0, 0.1) is 6.92 Å². The van der Waals surface area contributed by atoms with Crippen LogP contribution in [0.15, 0.2) is 29.6 Å². The molecular formula is C13H15N3S. The van der Waals surface area contributed by atoms with Gasteiger partial charge in [0.05, 0.1) is 16.7 Å². The molecule has 0 amide bonds. The number of nitrogens with one attached hydrogen (secondary N) is 2. The fraction of sp³-hybridized carbons (Fsp3) is 0.308. The zero-order valence-electron chi connectivity index (χ0n) is 9.73. The van der Waals surface area contributed by atoms with E-state index in [1.807, 2.05) is 6.92 Å². The highest BCUT2D eigenvalue weighted by Crippen LogP contribution is 2.23. The molecule has 2 heterocycles. The van der Waals surface area contributed by atoms with Crippen LogP contribution in [0.1, 0.15) is 5.01 Å². The van der Waals surface area contributed by atoms with Crippen molar-refractivity contribution in [2.24, 2.45) is 0 Å². The Morgan fingerprint density at radius 2 is 2.06 bits per heavy atom. The fourth-order valence-electron chi connectivity index (χ4n) is 1.86. The molecule has 1 aromatic heterocycles. The van der Waals surface area contributed by atoms with Gasteiger partial charge in [0.1, 0.15) is 0 Å². The van der Waals surface area contributed by atoms with Gasteiger partial charge in [-0.25, -0.2) is 4.98 Å². The van der Waals surface area contributed by atoms with E-state index in [1.54, 1.807) is 11.3 Å². The molecule has 17 heavy (non-hydrogen) atoms. The molecule has 1 aromatic carbocycles. The van der Waals surface area contributed by atoms with Crippen LogP contribution >= 0.6 is 11.3 Å². The summed E-state index contributed by atoms with van der Waals surface area (Å²) in [5.74, 6) is 0. The molecule has 3 rings (SSSR count). The first-order chi connectivity index (χ1) is 8.31. The summed E-state index contributed by atoms with van der Waals surface area (Å²) in [4.78, 5) is 4.49. The Kier molecular flexibility index (Phi) is 2.82. The Labute approximate surface area is 105 Å². The average Bonchev–Trinajstić information content (AvgIpc) is 2.71. The molecule has 3 nitrogen and oxygen atoms in total. The summed E-state index contributed by atoms with van der Waals surface area (Å²) in [5.41, 5.74) is 3.45. The van der Waals surface area contributed by atoms with Gasteiger partial charge in [-0.2, -0.15) is 0 Å². The molecule has 4 heteroatoms. The lowest BCUT2D eigenvalue weighted by Crippen LogP contribution is -2.51. The predicted molar refractivity (Wildman–Crippen MR) is 72.6 cm³/mol. The number of benzene rings is 1. The van der Waals surface area contributed by atoms with Gasteiger partial charge in [0.25, 0.3) is 0 Å². The van der Waals surface area contributed by atoms with Gasteiger partial charge in [-0.05, 0) is 19.1 Å². The van der Waals surface area contributed by atoms with E-state index in [-0.39, 0.29) is 0 Å². The maximum Gasteiger partial charge on any atom is 0.0901 e. The van der Waals surface area contributed by atoms with Crippen LogP contribution in [-0.4, -0.2) is 24.1 Å². The van der Waals surface area contributed by atoms with Gasteiger partial charge >= 0.3 is 0 Å². The molecule has 1 aliphatic heterocycles. The van der Waals surface area contributed by atoms with Crippen molar-refractivity contribution in [3.05, 3.63) is 34.7 Å². The molecule has 0 bridgehead atoms. The van der Waals surface area contributed by atoms with Crippen molar-refractivity contribution < 1.29 is 0 Å². The number of rotatable bonds is 3. The van der Waals surface area contributed by atoms with Gasteiger partial charge in [-0.1, -0.05) is 12.1 Å². The number of anilines is 1. The number of nitrogens with zero attached hydrogens (tertiary/aromatic N) is 1. The number of hydrogen-bond acceptors (Lipinski definition) is 4. The second-order valence-electron chi connectivity index (χ2n) is 4.33. The quantitative estimate of drug-likeness (QED) is 0.872. The van der Waals surface area contributed by atoms with Crippen molar-refractivity contribution >= 4 is 17.0 Å². The molecule has 0 saturated carbocycles. The van der Waals surface area contributed by atoms with E-state index in [1.165, 1.54) is 11.3 Å². The first-order valence-corrected chi connectivity index (χ1v) is 6.69. The number of aromatic nitrogens is 1. The zero-order chi connectivity index (χ0) is 11.7. The van der Waals surface area contributed by atoms with Crippen LogP contribution in [0.3, 0.4) is 0 Å². The van der Waals surface area contributed by atoms with E-state index >= 15 is 0 Å². The maximum absolute atomic E-state index is 4.49. The Balaban J connectivity index is 1.75. The highest BCUT2D eigenvalue weighted by Gasteiger charge is 2.15. The normalized spacial score (nSPS) is 15.6. The van der Waals surface area contributed by atoms with Crippen LogP contribution in [0.25, 0.3) is 11.3 Å². The molecule has 1 aliphatic rings. The molecule has 88 valence electrons. The lowest BCUT2D eigenvalue weighted by Gasteiger charge is -2.29. The number of aryl methyl sites for hydroxylation is 1. The minimum absolute atomic E-state index is 0.586. The first kappa shape index (κ1) is 10.7. The van der Waals surface area contributed by atoms with Gasteiger partial charge in [0.2, 0.25) is 0 Å². The lowest BCUT2D eigenvalue weighted by molar-refractivity contribution is 0.472. The van der Waals surface area contributed by atoms with E-state index in [0.29, 0.717) is 6.04 Å². The van der Waals surface area contributed by atoms with Crippen LogP contribution in [0.2, 0.25) is 0 Å². The number of thiazole rings is 1. The van der Waals surface area contributed by atoms with Gasteiger partial charge < -0.3 is 10.6 Å². The summed E-state index contributed by atoms with van der Waals surface area (Å²) in [6.45, 7) is 4.16. The highest BCUT2D eigenvalue weighted by atomic mass is 32.1. The van der Waals surface area contributed by atoms with E-state index in [4.69, 9.17) is 0 Å². The molecule has 2 N–H and O–H groups in total. The third-order valence-electron chi connectivity index (χ3n) is 2.95. The molecular weight excluding hydrogens is 230 g/mol. The van der Waals surface area contributed by atoms with Gasteiger partial charge in [0, 0.05) is 29.7 Å². The summed E-state index contributed by atoms with van der Waals surface area (Å²) >= 11 is 1.69. The summed E-state index contributed by atoms with van der Waals surface area (Å²) in [6, 6.07) is 9.10. The molecule has 2 aromatic rings. The van der Waals surface area contributed by atoms with Crippen molar-refractivity contribution in [2.75, 3.05) is 18.4 Å². The number of hydrogen-bond donors (Lipinski definition) is 2. The molecule has 0 radical (unpaired) electrons. The third kappa shape index (κ3) is 2.33. The van der Waals surface area contributed by atoms with Gasteiger partial charge in [0.15, 0.2) is 0 Å². The molecule has 0 aliphatic carbocycles. The van der Waals surface area contributed by atoms with Crippen molar-refractivity contribution in [1.29, 1.82) is 0 Å². The second-order valence-corrected chi connectivity index (χ2v) is 5.39. The molecule has 0 spiro atoms. The molecule has 1 saturated heterocycles. The fourth-order valence-corrected chi connectivity index (χ4v) is 2.48. The lowest BCUT2D eigenvalue weighted by atomic mass is 10.1. The minimum atomic E-state index is 0.586. The smallest absolute Gasteiger partial charge is 0.0901 e. The minimum Gasteiger partial charge on any atom is -0.380 e. The van der Waals surface area contributed by atoms with Gasteiger partial charge in [-0.3, -0.25) is 0 Å². The van der Waals surface area contributed by atoms with E-state index in [0.717, 1.165) is 23.8 Å². The summed E-state index contributed by atoms with van der Waals surface area (Å²) in [6.07, 6.45) is 0. The summed E-state index contributed by atoms with van der Waals surface area (Å²) < 4.78 is 0. The van der Waals surface area contributed by atoms with Crippen LogP contribution < -0.4 is 10.6 Å². The van der Waals surface area contributed by atoms with E-state index < -0.39 is 0 Å². The first-order valence-electron chi connectivity index (χ1n) is 5.81. The predicted octanol–water partition coefficient (Wildman–Crippen LogP) is 2.50. The van der Waals surface area contributed by atoms with Crippen molar-refractivity contribution in [3.8, 4) is 11.3 Å². The molecule has 1 fully saturated rings. The topological polar surface area (TPSA) is 37.0 Å². The SMILES string of the molecule is Cc1nc(-c2ccc(NC3CNC3)cc2)cs1. The van der Waals surface area contributed by atoms with Crippen molar-refractivity contribution in [2.45, 2.75) is 13.0 Å². The Hall–Kier alpha value is -1.39. The Bertz CT molecular complexity index is 500. The largest absolute Gasteiger partial charge is 0.380 e. The standard InChI is InChI=1S/C13H15N3S/c1-9-15-13(8-17-9)10-2-4-11(5-3-10)16-12-6-14-7-12/h2-5,8,12,14,16H,6-7H2,1H3. The average molecular weight is 245 g/mol. The van der Waals surface area contributed by atoms with Gasteiger partial charge in [-0.15, -0.1) is 11.3 Å². The highest BCUT2D eigenvalue weighted by molar-refractivity contribution is 7.09. The van der Waals surface area contributed by atoms with Crippen molar-refractivity contribution in [1.82, 2.24) is 10.3 Å². The summed E-state index contributed by atoms with van der Waals surface area (Å²) in [7, 11) is 0. The van der Waals surface area contributed by atoms with E-state index in [2.05, 4.69) is 45.3 Å². The molecule has 0 unspecified atom stereocenters. The van der Waals surface area contributed by atoms with E-state index in [9.17, 15) is 0 Å². The van der Waals surface area contributed by atoms with Crippen LogP contribution in [0.4, 0.5) is 5.69 Å². The van der Waals surface area contributed by atoms with Crippen molar-refractivity contribution in [3.63, 3.8) is 0 Å². The summed E-state index contributed by atoms with van der Waals surface area (Å²) in [5, 5.41) is 9.95. The van der Waals surface area contributed by atoms with Crippen LogP contribution in [0.5, 0.6) is 0 Å².